The number of nitrogens with two attached hydrogens (primary N) is 2. The minimum absolute atomic E-state index is 0.207. The number of alkyl halides is 3. The highest BCUT2D eigenvalue weighted by atomic mass is 19.4. The molecular formula is C11H8F4N4. The first kappa shape index (κ1) is 13.1. The van der Waals surface area contributed by atoms with Gasteiger partial charge in [-0.1, -0.05) is 0 Å². The quantitative estimate of drug-likeness (QED) is 0.782. The second kappa shape index (κ2) is 4.38. The van der Waals surface area contributed by atoms with Crippen molar-refractivity contribution >= 4 is 11.5 Å². The SMILES string of the molecule is Nc1nc(-c2ccc(F)cc2)nc(C(F)(F)F)c1N. The molecule has 100 valence electrons. The minimum Gasteiger partial charge on any atom is -0.394 e. The summed E-state index contributed by atoms with van der Waals surface area (Å²) in [7, 11) is 0. The van der Waals surface area contributed by atoms with E-state index in [9.17, 15) is 17.6 Å². The summed E-state index contributed by atoms with van der Waals surface area (Å²) >= 11 is 0. The predicted molar refractivity (Wildman–Crippen MR) is 61.3 cm³/mol. The van der Waals surface area contributed by atoms with Gasteiger partial charge in [-0.2, -0.15) is 13.2 Å². The van der Waals surface area contributed by atoms with Crippen LogP contribution in [0.2, 0.25) is 0 Å². The summed E-state index contributed by atoms with van der Waals surface area (Å²) in [5, 5.41) is 0. The lowest BCUT2D eigenvalue weighted by Crippen LogP contribution is -2.15. The highest BCUT2D eigenvalue weighted by Gasteiger charge is 2.36. The largest absolute Gasteiger partial charge is 0.435 e. The maximum absolute atomic E-state index is 12.7. The zero-order valence-corrected chi connectivity index (χ0v) is 9.37. The van der Waals surface area contributed by atoms with Gasteiger partial charge in [0.25, 0.3) is 0 Å². The lowest BCUT2D eigenvalue weighted by molar-refractivity contribution is -0.140. The molecule has 1 heterocycles. The molecule has 0 amide bonds. The lowest BCUT2D eigenvalue weighted by atomic mass is 10.2. The fourth-order valence-corrected chi connectivity index (χ4v) is 1.43. The van der Waals surface area contributed by atoms with E-state index in [1.807, 2.05) is 0 Å². The Bertz CT molecular complexity index is 607. The Morgan fingerprint density at radius 2 is 1.53 bits per heavy atom. The van der Waals surface area contributed by atoms with E-state index in [-0.39, 0.29) is 11.4 Å². The Balaban J connectivity index is 2.60. The van der Waals surface area contributed by atoms with Crippen LogP contribution in [0.3, 0.4) is 0 Å². The van der Waals surface area contributed by atoms with Gasteiger partial charge in [0.05, 0.1) is 0 Å². The van der Waals surface area contributed by atoms with Crippen LogP contribution < -0.4 is 11.5 Å². The molecule has 1 aromatic carbocycles. The van der Waals surface area contributed by atoms with Gasteiger partial charge in [0.1, 0.15) is 11.5 Å². The van der Waals surface area contributed by atoms with E-state index in [1.165, 1.54) is 12.1 Å². The van der Waals surface area contributed by atoms with E-state index in [0.29, 0.717) is 0 Å². The third-order valence-electron chi connectivity index (χ3n) is 2.35. The van der Waals surface area contributed by atoms with Crippen molar-refractivity contribution < 1.29 is 17.6 Å². The van der Waals surface area contributed by atoms with Crippen LogP contribution in [0, 0.1) is 5.82 Å². The average Bonchev–Trinajstić information content (AvgIpc) is 2.32. The smallest absolute Gasteiger partial charge is 0.394 e. The van der Waals surface area contributed by atoms with Crippen molar-refractivity contribution in [3.8, 4) is 11.4 Å². The molecule has 0 unspecified atom stereocenters. The lowest BCUT2D eigenvalue weighted by Gasteiger charge is -2.12. The number of halogens is 4. The summed E-state index contributed by atoms with van der Waals surface area (Å²) in [5.41, 5.74) is 8.72. The fourth-order valence-electron chi connectivity index (χ4n) is 1.43. The molecule has 0 saturated carbocycles. The molecule has 0 bridgehead atoms. The normalized spacial score (nSPS) is 11.6. The van der Waals surface area contributed by atoms with Gasteiger partial charge in [-0.3, -0.25) is 0 Å². The molecule has 2 rings (SSSR count). The maximum Gasteiger partial charge on any atom is 0.435 e. The zero-order valence-electron chi connectivity index (χ0n) is 9.37. The minimum atomic E-state index is -4.74. The molecule has 4 nitrogen and oxygen atoms in total. The monoisotopic (exact) mass is 272 g/mol. The number of nitrogens with zero attached hydrogens (tertiary/aromatic N) is 2. The van der Waals surface area contributed by atoms with Crippen molar-refractivity contribution in [1.82, 2.24) is 9.97 Å². The molecule has 0 spiro atoms. The van der Waals surface area contributed by atoms with Crippen LogP contribution in [0.25, 0.3) is 11.4 Å². The van der Waals surface area contributed by atoms with Crippen molar-refractivity contribution in [3.63, 3.8) is 0 Å². The molecule has 0 aliphatic carbocycles. The van der Waals surface area contributed by atoms with Crippen molar-refractivity contribution in [2.75, 3.05) is 11.5 Å². The van der Waals surface area contributed by atoms with Gasteiger partial charge in [0, 0.05) is 5.56 Å². The highest BCUT2D eigenvalue weighted by molar-refractivity contribution is 5.67. The van der Waals surface area contributed by atoms with E-state index >= 15 is 0 Å². The summed E-state index contributed by atoms with van der Waals surface area (Å²) < 4.78 is 50.9. The molecular weight excluding hydrogens is 264 g/mol. The van der Waals surface area contributed by atoms with Crippen LogP contribution in [0.5, 0.6) is 0 Å². The number of aromatic nitrogens is 2. The van der Waals surface area contributed by atoms with Crippen LogP contribution in [0.4, 0.5) is 29.1 Å². The molecule has 2 aromatic rings. The van der Waals surface area contributed by atoms with Crippen LogP contribution in [-0.2, 0) is 6.18 Å². The van der Waals surface area contributed by atoms with Gasteiger partial charge < -0.3 is 11.5 Å². The zero-order chi connectivity index (χ0) is 14.2. The second-order valence-corrected chi connectivity index (χ2v) is 3.70. The summed E-state index contributed by atoms with van der Waals surface area (Å²) in [6, 6.07) is 4.66. The van der Waals surface area contributed by atoms with Crippen molar-refractivity contribution in [3.05, 3.63) is 35.8 Å². The first-order valence-electron chi connectivity index (χ1n) is 5.05. The van der Waals surface area contributed by atoms with E-state index in [4.69, 9.17) is 11.5 Å². The number of benzene rings is 1. The van der Waals surface area contributed by atoms with Gasteiger partial charge in [-0.05, 0) is 24.3 Å². The van der Waals surface area contributed by atoms with Gasteiger partial charge in [-0.15, -0.1) is 0 Å². The number of anilines is 2. The Morgan fingerprint density at radius 1 is 0.947 bits per heavy atom. The van der Waals surface area contributed by atoms with Gasteiger partial charge >= 0.3 is 6.18 Å². The van der Waals surface area contributed by atoms with E-state index in [0.717, 1.165) is 12.1 Å². The summed E-state index contributed by atoms with van der Waals surface area (Å²) in [6.45, 7) is 0. The Morgan fingerprint density at radius 3 is 2.05 bits per heavy atom. The molecule has 0 aliphatic heterocycles. The Kier molecular flexibility index (Phi) is 3.01. The number of nitrogen functional groups attached to an aromatic ring is 2. The summed E-state index contributed by atoms with van der Waals surface area (Å²) in [6.07, 6.45) is -4.74. The van der Waals surface area contributed by atoms with Gasteiger partial charge in [0.15, 0.2) is 17.3 Å². The van der Waals surface area contributed by atoms with Crippen molar-refractivity contribution in [2.24, 2.45) is 0 Å². The number of hydrogen-bond donors (Lipinski definition) is 2. The third kappa shape index (κ3) is 2.56. The van der Waals surface area contributed by atoms with E-state index in [1.54, 1.807) is 0 Å². The molecule has 0 radical (unpaired) electrons. The molecule has 0 fully saturated rings. The van der Waals surface area contributed by atoms with Crippen molar-refractivity contribution in [2.45, 2.75) is 6.18 Å². The standard InChI is InChI=1S/C11H8F4N4/c12-6-3-1-5(2-4-6)10-18-8(11(13,14)15)7(16)9(17)19-10/h1-4H,16H2,(H2,17,18,19). The van der Waals surface area contributed by atoms with Gasteiger partial charge in [-0.25, -0.2) is 14.4 Å². The highest BCUT2D eigenvalue weighted by Crippen LogP contribution is 2.35. The molecule has 8 heteroatoms. The van der Waals surface area contributed by atoms with Crippen LogP contribution in [0.1, 0.15) is 5.69 Å². The first-order valence-corrected chi connectivity index (χ1v) is 5.05. The number of rotatable bonds is 1. The second-order valence-electron chi connectivity index (χ2n) is 3.70. The first-order chi connectivity index (χ1) is 8.79. The number of hydrogen-bond acceptors (Lipinski definition) is 4. The van der Waals surface area contributed by atoms with Crippen LogP contribution >= 0.6 is 0 Å². The molecule has 0 saturated heterocycles. The molecule has 4 N–H and O–H groups in total. The summed E-state index contributed by atoms with van der Waals surface area (Å²) in [4.78, 5) is 7.01. The van der Waals surface area contributed by atoms with E-state index in [2.05, 4.69) is 9.97 Å². The average molecular weight is 272 g/mol. The Hall–Kier alpha value is -2.38. The molecule has 0 aliphatic rings. The predicted octanol–water partition coefficient (Wildman–Crippen LogP) is 2.47. The van der Waals surface area contributed by atoms with Gasteiger partial charge in [0.2, 0.25) is 0 Å². The summed E-state index contributed by atoms with van der Waals surface area (Å²) in [5.74, 6) is -1.26. The van der Waals surface area contributed by atoms with Crippen LogP contribution in [-0.4, -0.2) is 9.97 Å². The topological polar surface area (TPSA) is 77.8 Å². The van der Waals surface area contributed by atoms with E-state index < -0.39 is 29.2 Å². The molecule has 19 heavy (non-hydrogen) atoms. The maximum atomic E-state index is 12.7. The molecule has 1 aromatic heterocycles. The van der Waals surface area contributed by atoms with Crippen molar-refractivity contribution in [1.29, 1.82) is 0 Å². The Labute approximate surface area is 105 Å². The molecule has 0 atom stereocenters. The van der Waals surface area contributed by atoms with Crippen LogP contribution in [0.15, 0.2) is 24.3 Å². The fraction of sp³-hybridized carbons (Fsp3) is 0.0909. The third-order valence-corrected chi connectivity index (χ3v) is 2.35.